The Hall–Kier alpha value is -1.50. The molecule has 2 amide bonds. The van der Waals surface area contributed by atoms with Crippen LogP contribution < -0.4 is 0 Å². The normalized spacial score (nSPS) is 18.5. The monoisotopic (exact) mass is 478 g/mol. The highest BCUT2D eigenvalue weighted by molar-refractivity contribution is 9.10. The summed E-state index contributed by atoms with van der Waals surface area (Å²) in [4.78, 5) is 29.7. The molecule has 7 heteroatoms. The van der Waals surface area contributed by atoms with E-state index in [1.54, 1.807) is 24.3 Å². The zero-order valence-electron chi connectivity index (χ0n) is 15.2. The van der Waals surface area contributed by atoms with Crippen LogP contribution in [-0.4, -0.2) is 51.9 Å². The van der Waals surface area contributed by atoms with Crippen LogP contribution in [-0.2, 0) is 0 Å². The molecule has 2 aliphatic rings. The number of hydrogen-bond donors (Lipinski definition) is 0. The van der Waals surface area contributed by atoms with Gasteiger partial charge in [0.05, 0.1) is 10.4 Å². The van der Waals surface area contributed by atoms with E-state index >= 15 is 0 Å². The Morgan fingerprint density at radius 1 is 0.964 bits per heavy atom. The van der Waals surface area contributed by atoms with Crippen LogP contribution in [0, 0.1) is 0 Å². The van der Waals surface area contributed by atoms with E-state index in [2.05, 4.69) is 15.9 Å². The molecule has 4 nitrogen and oxygen atoms in total. The molecule has 2 heterocycles. The van der Waals surface area contributed by atoms with E-state index in [1.807, 2.05) is 45.8 Å². The Bertz CT molecular complexity index is 898. The molecule has 0 aliphatic carbocycles. The van der Waals surface area contributed by atoms with Gasteiger partial charge in [-0.2, -0.15) is 0 Å². The number of halogens is 2. The zero-order valence-corrected chi connectivity index (χ0v) is 18.4. The van der Waals surface area contributed by atoms with Crippen molar-refractivity contribution in [2.75, 3.05) is 25.4 Å². The summed E-state index contributed by atoms with van der Waals surface area (Å²) in [7, 11) is 0. The van der Waals surface area contributed by atoms with Gasteiger partial charge >= 0.3 is 0 Å². The Balaban J connectivity index is 1.48. The molecule has 4 rings (SSSR count). The van der Waals surface area contributed by atoms with Crippen LogP contribution in [0.25, 0.3) is 0 Å². The molecule has 2 saturated heterocycles. The molecule has 2 aliphatic heterocycles. The van der Waals surface area contributed by atoms with Gasteiger partial charge in [0.1, 0.15) is 0 Å². The van der Waals surface area contributed by atoms with Gasteiger partial charge in [-0.3, -0.25) is 9.59 Å². The van der Waals surface area contributed by atoms with E-state index in [1.165, 1.54) is 0 Å². The second-order valence-electron chi connectivity index (χ2n) is 7.03. The van der Waals surface area contributed by atoms with E-state index in [4.69, 9.17) is 11.6 Å². The lowest BCUT2D eigenvalue weighted by molar-refractivity contribution is 0.0497. The summed E-state index contributed by atoms with van der Waals surface area (Å²) in [6.07, 6.45) is 1.57. The highest BCUT2D eigenvalue weighted by Gasteiger charge is 2.47. The first-order valence-corrected chi connectivity index (χ1v) is 11.4. The maximum absolute atomic E-state index is 13.1. The molecule has 2 fully saturated rings. The molecule has 28 heavy (non-hydrogen) atoms. The Labute approximate surface area is 182 Å². The maximum atomic E-state index is 13.1. The lowest BCUT2D eigenvalue weighted by Crippen LogP contribution is -2.53. The molecular formula is C21H20BrClN2O2S. The summed E-state index contributed by atoms with van der Waals surface area (Å²) in [5, 5.41) is 0.626. The van der Waals surface area contributed by atoms with Gasteiger partial charge < -0.3 is 9.80 Å². The summed E-state index contributed by atoms with van der Waals surface area (Å²) < 4.78 is 0.815. The quantitative estimate of drug-likeness (QED) is 0.613. The van der Waals surface area contributed by atoms with E-state index in [0.717, 1.165) is 29.6 Å². The molecule has 2 aromatic rings. The van der Waals surface area contributed by atoms with Crippen LogP contribution in [0.2, 0.25) is 5.02 Å². The fourth-order valence-corrected chi connectivity index (χ4v) is 5.96. The Morgan fingerprint density at radius 2 is 1.64 bits per heavy atom. The largest absolute Gasteiger partial charge is 0.338 e. The summed E-state index contributed by atoms with van der Waals surface area (Å²) in [6, 6.07) is 14.6. The number of nitrogens with zero attached hydrogens (tertiary/aromatic N) is 2. The minimum Gasteiger partial charge on any atom is -0.338 e. The molecule has 1 spiro atoms. The topological polar surface area (TPSA) is 40.6 Å². The van der Waals surface area contributed by atoms with Gasteiger partial charge in [0.2, 0.25) is 0 Å². The second kappa shape index (κ2) is 8.09. The molecule has 0 N–H and O–H groups in total. The summed E-state index contributed by atoms with van der Waals surface area (Å²) in [6.45, 7) is 2.04. The van der Waals surface area contributed by atoms with Crippen LogP contribution in [0.15, 0.2) is 53.0 Å². The average Bonchev–Trinajstić information content (AvgIpc) is 3.11. The summed E-state index contributed by atoms with van der Waals surface area (Å²) >= 11 is 11.3. The highest BCUT2D eigenvalue weighted by Crippen LogP contribution is 2.44. The third-order valence-electron chi connectivity index (χ3n) is 5.45. The van der Waals surface area contributed by atoms with E-state index in [-0.39, 0.29) is 16.7 Å². The standard InChI is InChI=1S/C21H20BrClN2O2S/c22-18-4-2-1-3-17(18)20(27)24-11-9-21(10-12-24)25(13-14-28-21)19(26)15-5-7-16(23)8-6-15/h1-8H,9-14H2. The fourth-order valence-electron chi connectivity index (χ4n) is 3.92. The fraction of sp³-hybridized carbons (Fsp3) is 0.333. The first-order valence-electron chi connectivity index (χ1n) is 9.25. The lowest BCUT2D eigenvalue weighted by Gasteiger charge is -2.44. The van der Waals surface area contributed by atoms with Gasteiger partial charge in [0.15, 0.2) is 0 Å². The molecule has 0 radical (unpaired) electrons. The van der Waals surface area contributed by atoms with E-state index in [0.29, 0.717) is 29.2 Å². The van der Waals surface area contributed by atoms with Gasteiger partial charge in [-0.1, -0.05) is 23.7 Å². The zero-order chi connectivity index (χ0) is 19.7. The van der Waals surface area contributed by atoms with Crippen molar-refractivity contribution >= 4 is 51.1 Å². The van der Waals surface area contributed by atoms with Crippen molar-refractivity contribution in [1.82, 2.24) is 9.80 Å². The molecule has 0 saturated carbocycles. The van der Waals surface area contributed by atoms with Gasteiger partial charge in [-0.15, -0.1) is 11.8 Å². The smallest absolute Gasteiger partial charge is 0.255 e. The van der Waals surface area contributed by atoms with Gasteiger partial charge in [0, 0.05) is 40.4 Å². The minimum absolute atomic E-state index is 0.0425. The number of carbonyl (C=O) groups excluding carboxylic acids is 2. The van der Waals surface area contributed by atoms with Crippen LogP contribution in [0.3, 0.4) is 0 Å². The Kier molecular flexibility index (Phi) is 5.72. The number of piperidine rings is 1. The molecule has 0 bridgehead atoms. The number of benzene rings is 2. The minimum atomic E-state index is -0.221. The molecule has 146 valence electrons. The molecular weight excluding hydrogens is 460 g/mol. The first kappa shape index (κ1) is 19.8. The second-order valence-corrected chi connectivity index (χ2v) is 9.78. The number of amides is 2. The molecule has 0 unspecified atom stereocenters. The lowest BCUT2D eigenvalue weighted by atomic mass is 10.00. The first-order chi connectivity index (χ1) is 13.5. The van der Waals surface area contributed by atoms with Gasteiger partial charge in [-0.25, -0.2) is 0 Å². The molecule has 0 atom stereocenters. The van der Waals surface area contributed by atoms with E-state index in [9.17, 15) is 9.59 Å². The van der Waals surface area contributed by atoms with E-state index < -0.39 is 0 Å². The molecule has 2 aromatic carbocycles. The Morgan fingerprint density at radius 3 is 2.32 bits per heavy atom. The van der Waals surface area contributed by atoms with Crippen molar-refractivity contribution in [2.45, 2.75) is 17.7 Å². The van der Waals surface area contributed by atoms with Gasteiger partial charge in [0.25, 0.3) is 11.8 Å². The number of thioether (sulfide) groups is 1. The predicted octanol–water partition coefficient (Wildman–Crippen LogP) is 4.92. The number of likely N-dealkylation sites (tertiary alicyclic amines) is 1. The summed E-state index contributed by atoms with van der Waals surface area (Å²) in [5.41, 5.74) is 1.35. The van der Waals surface area contributed by atoms with Crippen molar-refractivity contribution < 1.29 is 9.59 Å². The SMILES string of the molecule is O=C(c1ccccc1Br)N1CCC2(CC1)SCCN2C(=O)c1ccc(Cl)cc1. The maximum Gasteiger partial charge on any atom is 0.255 e. The van der Waals surface area contributed by atoms with Crippen molar-refractivity contribution in [1.29, 1.82) is 0 Å². The average molecular weight is 480 g/mol. The number of carbonyl (C=O) groups is 2. The third-order valence-corrected chi connectivity index (χ3v) is 7.95. The van der Waals surface area contributed by atoms with Crippen molar-refractivity contribution in [3.05, 3.63) is 69.2 Å². The van der Waals surface area contributed by atoms with Crippen LogP contribution in [0.4, 0.5) is 0 Å². The van der Waals surface area contributed by atoms with Crippen LogP contribution in [0.5, 0.6) is 0 Å². The number of rotatable bonds is 2. The van der Waals surface area contributed by atoms with Crippen molar-refractivity contribution in [2.24, 2.45) is 0 Å². The summed E-state index contributed by atoms with van der Waals surface area (Å²) in [5.74, 6) is 1.02. The highest BCUT2D eigenvalue weighted by atomic mass is 79.9. The predicted molar refractivity (Wildman–Crippen MR) is 117 cm³/mol. The third kappa shape index (κ3) is 3.70. The number of hydrogen-bond acceptors (Lipinski definition) is 3. The molecule has 0 aromatic heterocycles. The van der Waals surface area contributed by atoms with Crippen molar-refractivity contribution in [3.8, 4) is 0 Å². The van der Waals surface area contributed by atoms with Crippen molar-refractivity contribution in [3.63, 3.8) is 0 Å². The van der Waals surface area contributed by atoms with Gasteiger partial charge in [-0.05, 0) is 65.2 Å². The van der Waals surface area contributed by atoms with Crippen LogP contribution in [0.1, 0.15) is 33.6 Å². The van der Waals surface area contributed by atoms with Crippen LogP contribution >= 0.6 is 39.3 Å².